The summed E-state index contributed by atoms with van der Waals surface area (Å²) in [5, 5.41) is 10.7. The Balaban J connectivity index is 1.90. The van der Waals surface area contributed by atoms with Crippen molar-refractivity contribution in [1.82, 2.24) is 10.2 Å². The van der Waals surface area contributed by atoms with Gasteiger partial charge < -0.3 is 11.1 Å². The fraction of sp³-hybridized carbons (Fsp3) is 0.385. The zero-order chi connectivity index (χ0) is 13.0. The van der Waals surface area contributed by atoms with Crippen molar-refractivity contribution >= 4 is 22.5 Å². The van der Waals surface area contributed by atoms with E-state index in [9.17, 15) is 4.79 Å². The molecule has 1 amide bonds. The van der Waals surface area contributed by atoms with Crippen molar-refractivity contribution in [3.8, 4) is 0 Å². The highest BCUT2D eigenvalue weighted by atomic mass is 16.1. The molecule has 2 rings (SSSR count). The number of aromatic amines is 1. The maximum atomic E-state index is 11.7. The number of aromatic nitrogens is 2. The minimum Gasteiger partial charge on any atom is -0.328 e. The molecular formula is C13H18N4O. The lowest BCUT2D eigenvalue weighted by atomic mass is 10.1. The first-order chi connectivity index (χ1) is 8.65. The van der Waals surface area contributed by atoms with E-state index in [1.807, 2.05) is 25.1 Å². The van der Waals surface area contributed by atoms with E-state index in [0.717, 1.165) is 29.4 Å². The van der Waals surface area contributed by atoms with E-state index in [1.54, 1.807) is 6.20 Å². The van der Waals surface area contributed by atoms with Gasteiger partial charge in [0.1, 0.15) is 0 Å². The number of benzene rings is 1. The third-order valence-electron chi connectivity index (χ3n) is 2.79. The Bertz CT molecular complexity index is 533. The number of rotatable bonds is 5. The van der Waals surface area contributed by atoms with Crippen molar-refractivity contribution < 1.29 is 4.79 Å². The maximum absolute atomic E-state index is 11.7. The number of fused-ring (bicyclic) bond motifs is 1. The van der Waals surface area contributed by atoms with Gasteiger partial charge >= 0.3 is 0 Å². The summed E-state index contributed by atoms with van der Waals surface area (Å²) in [7, 11) is 0. The molecule has 4 N–H and O–H groups in total. The van der Waals surface area contributed by atoms with Crippen LogP contribution in [0.5, 0.6) is 0 Å². The Kier molecular flexibility index (Phi) is 3.94. The number of nitrogens with zero attached hydrogens (tertiary/aromatic N) is 1. The molecule has 0 saturated heterocycles. The summed E-state index contributed by atoms with van der Waals surface area (Å²) in [6.07, 6.45) is 3.94. The number of hydrogen-bond acceptors (Lipinski definition) is 3. The minimum absolute atomic E-state index is 0.0227. The van der Waals surface area contributed by atoms with Crippen molar-refractivity contribution in [3.63, 3.8) is 0 Å². The normalized spacial score (nSPS) is 12.6. The molecule has 0 saturated carbocycles. The predicted octanol–water partition coefficient (Wildman–Crippen LogP) is 2.02. The second-order valence-corrected chi connectivity index (χ2v) is 4.59. The average Bonchev–Trinajstić information content (AvgIpc) is 2.75. The molecule has 0 radical (unpaired) electrons. The van der Waals surface area contributed by atoms with Crippen LogP contribution in [0.3, 0.4) is 0 Å². The first kappa shape index (κ1) is 12.6. The fourth-order valence-electron chi connectivity index (χ4n) is 1.82. The molecule has 0 spiro atoms. The topological polar surface area (TPSA) is 83.8 Å². The van der Waals surface area contributed by atoms with Gasteiger partial charge in [-0.1, -0.05) is 0 Å². The molecule has 1 aromatic heterocycles. The van der Waals surface area contributed by atoms with Gasteiger partial charge in [-0.25, -0.2) is 0 Å². The van der Waals surface area contributed by atoms with Crippen LogP contribution in [0.25, 0.3) is 10.9 Å². The second-order valence-electron chi connectivity index (χ2n) is 4.59. The smallest absolute Gasteiger partial charge is 0.224 e. The molecule has 1 aromatic carbocycles. The van der Waals surface area contributed by atoms with Crippen molar-refractivity contribution in [2.45, 2.75) is 32.2 Å². The molecule has 5 heteroatoms. The van der Waals surface area contributed by atoms with Crippen LogP contribution in [-0.2, 0) is 4.79 Å². The van der Waals surface area contributed by atoms with Gasteiger partial charge in [0.2, 0.25) is 5.91 Å². The van der Waals surface area contributed by atoms with Gasteiger partial charge in [0.25, 0.3) is 0 Å². The zero-order valence-corrected chi connectivity index (χ0v) is 10.4. The van der Waals surface area contributed by atoms with Gasteiger partial charge in [-0.3, -0.25) is 9.89 Å². The summed E-state index contributed by atoms with van der Waals surface area (Å²) >= 11 is 0. The van der Waals surface area contributed by atoms with Crippen LogP contribution in [0.15, 0.2) is 24.4 Å². The molecule has 1 unspecified atom stereocenters. The molecule has 1 heterocycles. The summed E-state index contributed by atoms with van der Waals surface area (Å²) in [6, 6.07) is 5.84. The lowest BCUT2D eigenvalue weighted by Gasteiger charge is -2.06. The lowest BCUT2D eigenvalue weighted by Crippen LogP contribution is -2.16. The van der Waals surface area contributed by atoms with Crippen molar-refractivity contribution in [2.24, 2.45) is 5.73 Å². The Morgan fingerprint density at radius 2 is 2.39 bits per heavy atom. The van der Waals surface area contributed by atoms with Gasteiger partial charge in [0.05, 0.1) is 11.7 Å². The standard InChI is InChI=1S/C13H18N4O/c1-9(14)3-2-4-13(18)16-11-6-5-10-8-15-17-12(10)7-11/h5-9H,2-4,14H2,1H3,(H,15,17)(H,16,18). The maximum Gasteiger partial charge on any atom is 0.224 e. The number of carbonyl (C=O) groups is 1. The zero-order valence-electron chi connectivity index (χ0n) is 10.4. The minimum atomic E-state index is 0.0227. The Labute approximate surface area is 106 Å². The molecule has 0 aliphatic rings. The van der Waals surface area contributed by atoms with E-state index in [0.29, 0.717) is 6.42 Å². The highest BCUT2D eigenvalue weighted by molar-refractivity contribution is 5.93. The fourth-order valence-corrected chi connectivity index (χ4v) is 1.82. The van der Waals surface area contributed by atoms with Gasteiger partial charge in [-0.15, -0.1) is 0 Å². The molecule has 5 nitrogen and oxygen atoms in total. The van der Waals surface area contributed by atoms with Crippen LogP contribution in [0.4, 0.5) is 5.69 Å². The van der Waals surface area contributed by atoms with Crippen LogP contribution in [0, 0.1) is 0 Å². The molecule has 2 aromatic rings. The highest BCUT2D eigenvalue weighted by Gasteiger charge is 2.04. The number of nitrogens with two attached hydrogens (primary N) is 1. The van der Waals surface area contributed by atoms with E-state index < -0.39 is 0 Å². The van der Waals surface area contributed by atoms with Crippen molar-refractivity contribution in [3.05, 3.63) is 24.4 Å². The summed E-state index contributed by atoms with van der Waals surface area (Å²) in [6.45, 7) is 1.95. The molecule has 1 atom stereocenters. The van der Waals surface area contributed by atoms with Crippen LogP contribution < -0.4 is 11.1 Å². The van der Waals surface area contributed by atoms with E-state index in [2.05, 4.69) is 15.5 Å². The van der Waals surface area contributed by atoms with E-state index in [1.165, 1.54) is 0 Å². The SMILES string of the molecule is CC(N)CCCC(=O)Nc1ccc2cn[nH]c2c1. The van der Waals surface area contributed by atoms with Gasteiger partial charge in [0, 0.05) is 23.5 Å². The summed E-state index contributed by atoms with van der Waals surface area (Å²) in [5.41, 5.74) is 7.35. The number of anilines is 1. The molecule has 96 valence electrons. The quantitative estimate of drug-likeness (QED) is 0.754. The molecule has 18 heavy (non-hydrogen) atoms. The number of carbonyl (C=O) groups excluding carboxylic acids is 1. The van der Waals surface area contributed by atoms with Crippen LogP contribution in [0.2, 0.25) is 0 Å². The molecule has 0 aliphatic heterocycles. The summed E-state index contributed by atoms with van der Waals surface area (Å²) in [4.78, 5) is 11.7. The number of hydrogen-bond donors (Lipinski definition) is 3. The van der Waals surface area contributed by atoms with Crippen LogP contribution in [-0.4, -0.2) is 22.1 Å². The molecule has 0 fully saturated rings. The largest absolute Gasteiger partial charge is 0.328 e. The van der Waals surface area contributed by atoms with Crippen molar-refractivity contribution in [2.75, 3.05) is 5.32 Å². The van der Waals surface area contributed by atoms with E-state index >= 15 is 0 Å². The van der Waals surface area contributed by atoms with Crippen LogP contribution >= 0.6 is 0 Å². The van der Waals surface area contributed by atoms with Gasteiger partial charge in [-0.05, 0) is 38.0 Å². The average molecular weight is 246 g/mol. The third-order valence-corrected chi connectivity index (χ3v) is 2.79. The molecule has 0 bridgehead atoms. The monoisotopic (exact) mass is 246 g/mol. The van der Waals surface area contributed by atoms with Crippen molar-refractivity contribution in [1.29, 1.82) is 0 Å². The van der Waals surface area contributed by atoms with Gasteiger partial charge in [-0.2, -0.15) is 5.10 Å². The van der Waals surface area contributed by atoms with E-state index in [4.69, 9.17) is 5.73 Å². The summed E-state index contributed by atoms with van der Waals surface area (Å²) < 4.78 is 0. The third kappa shape index (κ3) is 3.30. The Morgan fingerprint density at radius 3 is 3.17 bits per heavy atom. The molecular weight excluding hydrogens is 228 g/mol. The number of nitrogens with one attached hydrogen (secondary N) is 2. The highest BCUT2D eigenvalue weighted by Crippen LogP contribution is 2.16. The van der Waals surface area contributed by atoms with Crippen LogP contribution in [0.1, 0.15) is 26.2 Å². The predicted molar refractivity (Wildman–Crippen MR) is 72.2 cm³/mol. The number of amides is 1. The Morgan fingerprint density at radius 1 is 1.56 bits per heavy atom. The number of H-pyrrole nitrogens is 1. The van der Waals surface area contributed by atoms with E-state index in [-0.39, 0.29) is 11.9 Å². The molecule has 0 aliphatic carbocycles. The summed E-state index contributed by atoms with van der Waals surface area (Å²) in [5.74, 6) is 0.0227. The second kappa shape index (κ2) is 5.64. The first-order valence-electron chi connectivity index (χ1n) is 6.14. The van der Waals surface area contributed by atoms with Gasteiger partial charge in [0.15, 0.2) is 0 Å². The Hall–Kier alpha value is -1.88. The lowest BCUT2D eigenvalue weighted by molar-refractivity contribution is -0.116. The first-order valence-corrected chi connectivity index (χ1v) is 6.14.